The highest BCUT2D eigenvalue weighted by atomic mass is 32.2. The molecule has 1 saturated carbocycles. The molecule has 16 heavy (non-hydrogen) atoms. The largest absolute Gasteiger partial charge is 0.294 e. The van der Waals surface area contributed by atoms with Gasteiger partial charge in [-0.2, -0.15) is 0 Å². The lowest BCUT2D eigenvalue weighted by atomic mass is 9.74. The van der Waals surface area contributed by atoms with Crippen LogP contribution in [-0.2, 0) is 9.59 Å². The highest BCUT2D eigenvalue weighted by molar-refractivity contribution is 8.25. The van der Waals surface area contributed by atoms with Crippen LogP contribution in [0.4, 0.5) is 0 Å². The van der Waals surface area contributed by atoms with Crippen LogP contribution in [-0.4, -0.2) is 22.6 Å². The number of carbonyl (C=O) groups excluding carboxylic acids is 2. The van der Waals surface area contributed by atoms with Crippen LogP contribution in [0.5, 0.6) is 0 Å². The highest BCUT2D eigenvalue weighted by Crippen LogP contribution is 2.46. The van der Waals surface area contributed by atoms with E-state index in [-0.39, 0.29) is 17.0 Å². The van der Waals surface area contributed by atoms with E-state index in [1.807, 2.05) is 13.8 Å². The average molecular weight is 256 g/mol. The number of allylic oxidation sites excluding steroid dienone is 1. The fourth-order valence-corrected chi connectivity index (χ4v) is 4.98. The van der Waals surface area contributed by atoms with E-state index in [4.69, 9.17) is 0 Å². The molecule has 1 unspecified atom stereocenters. The van der Waals surface area contributed by atoms with Crippen molar-refractivity contribution in [3.63, 3.8) is 0 Å². The summed E-state index contributed by atoms with van der Waals surface area (Å²) in [5, 5.41) is 0.517. The van der Waals surface area contributed by atoms with Gasteiger partial charge in [-0.1, -0.05) is 20.8 Å². The van der Waals surface area contributed by atoms with Crippen LogP contribution in [0.25, 0.3) is 0 Å². The maximum Gasteiger partial charge on any atom is 0.168 e. The molecule has 2 aliphatic rings. The minimum atomic E-state index is -0.155. The summed E-state index contributed by atoms with van der Waals surface area (Å²) >= 11 is 3.35. The molecule has 1 aliphatic carbocycles. The Morgan fingerprint density at radius 2 is 1.75 bits per heavy atom. The van der Waals surface area contributed by atoms with Gasteiger partial charge in [0.1, 0.15) is 0 Å². The van der Waals surface area contributed by atoms with Crippen LogP contribution in [0.3, 0.4) is 0 Å². The van der Waals surface area contributed by atoms with Crippen molar-refractivity contribution >= 4 is 35.1 Å². The lowest BCUT2D eigenvalue weighted by Gasteiger charge is -2.29. The van der Waals surface area contributed by atoms with Gasteiger partial charge in [-0.3, -0.25) is 9.59 Å². The van der Waals surface area contributed by atoms with Crippen molar-refractivity contribution in [3.8, 4) is 0 Å². The first-order valence-electron chi connectivity index (χ1n) is 5.49. The molecular formula is C12H16O2S2. The Morgan fingerprint density at radius 3 is 2.19 bits per heavy atom. The van der Waals surface area contributed by atoms with Crippen molar-refractivity contribution in [1.82, 2.24) is 0 Å². The molecule has 1 aliphatic heterocycles. The second-order valence-corrected chi connectivity index (χ2v) is 8.00. The van der Waals surface area contributed by atoms with E-state index in [0.29, 0.717) is 23.7 Å². The summed E-state index contributed by atoms with van der Waals surface area (Å²) in [4.78, 5) is 24.0. The number of carbonyl (C=O) groups is 2. The number of ketones is 2. The van der Waals surface area contributed by atoms with Crippen molar-refractivity contribution in [2.45, 2.75) is 38.9 Å². The number of Topliss-reactive ketones (excluding diaryl/α,β-unsaturated/α-hetero) is 2. The van der Waals surface area contributed by atoms with Gasteiger partial charge in [0.2, 0.25) is 0 Å². The van der Waals surface area contributed by atoms with Crippen molar-refractivity contribution in [2.24, 2.45) is 5.41 Å². The zero-order valence-corrected chi connectivity index (χ0v) is 11.5. The summed E-state index contributed by atoms with van der Waals surface area (Å²) in [6, 6.07) is 0. The van der Waals surface area contributed by atoms with Gasteiger partial charge >= 0.3 is 0 Å². The van der Waals surface area contributed by atoms with Gasteiger partial charge in [0, 0.05) is 23.8 Å². The minimum absolute atomic E-state index is 0.0466. The lowest BCUT2D eigenvalue weighted by Crippen LogP contribution is -2.31. The molecule has 0 aromatic carbocycles. The minimum Gasteiger partial charge on any atom is -0.294 e. The van der Waals surface area contributed by atoms with Crippen LogP contribution >= 0.6 is 23.5 Å². The van der Waals surface area contributed by atoms with Gasteiger partial charge in [0.25, 0.3) is 0 Å². The van der Waals surface area contributed by atoms with Crippen molar-refractivity contribution in [3.05, 3.63) is 9.81 Å². The number of hydrogen-bond donors (Lipinski definition) is 0. The predicted octanol–water partition coefficient (Wildman–Crippen LogP) is 3.02. The summed E-state index contributed by atoms with van der Waals surface area (Å²) < 4.78 is 0.970. The number of hydrogen-bond acceptors (Lipinski definition) is 4. The third-order valence-corrected chi connectivity index (χ3v) is 5.77. The van der Waals surface area contributed by atoms with E-state index in [0.717, 1.165) is 9.99 Å². The van der Waals surface area contributed by atoms with Gasteiger partial charge in [-0.15, -0.1) is 23.5 Å². The second-order valence-electron chi connectivity index (χ2n) is 5.27. The van der Waals surface area contributed by atoms with Crippen LogP contribution in [0.1, 0.15) is 33.6 Å². The molecule has 0 aromatic heterocycles. The van der Waals surface area contributed by atoms with E-state index >= 15 is 0 Å². The molecule has 0 bridgehead atoms. The summed E-state index contributed by atoms with van der Waals surface area (Å²) in [7, 11) is 0. The third kappa shape index (κ3) is 2.38. The second kappa shape index (κ2) is 4.22. The standard InChI is InChI=1S/C12H16O2S2/c1-7-6-15-11(16-7)10-8(13)4-12(2,3)5-9(10)14/h7H,4-6H2,1-3H3. The molecule has 2 fully saturated rings. The monoisotopic (exact) mass is 256 g/mol. The van der Waals surface area contributed by atoms with Crippen LogP contribution in [0.2, 0.25) is 0 Å². The molecule has 1 heterocycles. The molecule has 0 radical (unpaired) electrons. The van der Waals surface area contributed by atoms with Crippen LogP contribution < -0.4 is 0 Å². The highest BCUT2D eigenvalue weighted by Gasteiger charge is 2.38. The molecule has 0 aromatic rings. The van der Waals surface area contributed by atoms with Crippen LogP contribution in [0.15, 0.2) is 9.81 Å². The Hall–Kier alpha value is -0.220. The Bertz CT molecular complexity index is 360. The molecule has 1 atom stereocenters. The Labute approximate surface area is 105 Å². The fourth-order valence-electron chi connectivity index (χ4n) is 2.07. The maximum atomic E-state index is 12.0. The van der Waals surface area contributed by atoms with E-state index in [1.165, 1.54) is 0 Å². The van der Waals surface area contributed by atoms with E-state index in [2.05, 4.69) is 6.92 Å². The average Bonchev–Trinajstić information content (AvgIpc) is 2.47. The fraction of sp³-hybridized carbons (Fsp3) is 0.667. The summed E-state index contributed by atoms with van der Waals surface area (Å²) in [5.74, 6) is 1.10. The molecule has 2 rings (SSSR count). The van der Waals surface area contributed by atoms with Crippen LogP contribution in [0, 0.1) is 5.41 Å². The van der Waals surface area contributed by atoms with E-state index < -0.39 is 0 Å². The SMILES string of the molecule is CC1CSC(=C2C(=O)CC(C)(C)CC2=O)S1. The summed E-state index contributed by atoms with van der Waals surface area (Å²) in [5.41, 5.74) is 0.344. The zero-order valence-electron chi connectivity index (χ0n) is 9.83. The third-order valence-electron chi connectivity index (χ3n) is 2.80. The quantitative estimate of drug-likeness (QED) is 0.493. The molecule has 0 spiro atoms. The first kappa shape index (κ1) is 12.2. The summed E-state index contributed by atoms with van der Waals surface area (Å²) in [6.07, 6.45) is 1.01. The predicted molar refractivity (Wildman–Crippen MR) is 69.6 cm³/mol. The Morgan fingerprint density at radius 1 is 1.19 bits per heavy atom. The van der Waals surface area contributed by atoms with Crippen molar-refractivity contribution in [1.29, 1.82) is 0 Å². The normalized spacial score (nSPS) is 30.1. The van der Waals surface area contributed by atoms with Gasteiger partial charge in [-0.05, 0) is 5.41 Å². The molecular weight excluding hydrogens is 240 g/mol. The molecule has 0 amide bonds. The van der Waals surface area contributed by atoms with E-state index in [1.54, 1.807) is 23.5 Å². The molecule has 2 nitrogen and oxygen atoms in total. The van der Waals surface area contributed by atoms with Crippen molar-refractivity contribution in [2.75, 3.05) is 5.75 Å². The molecule has 1 saturated heterocycles. The number of thioether (sulfide) groups is 2. The lowest BCUT2D eigenvalue weighted by molar-refractivity contribution is -0.127. The summed E-state index contributed by atoms with van der Waals surface area (Å²) in [6.45, 7) is 6.11. The Balaban J connectivity index is 2.30. The first-order chi connectivity index (χ1) is 7.39. The van der Waals surface area contributed by atoms with E-state index in [9.17, 15) is 9.59 Å². The van der Waals surface area contributed by atoms with Gasteiger partial charge in [0.05, 0.1) is 9.81 Å². The molecule has 88 valence electrons. The van der Waals surface area contributed by atoms with Gasteiger partial charge < -0.3 is 0 Å². The Kier molecular flexibility index (Phi) is 3.23. The van der Waals surface area contributed by atoms with Crippen molar-refractivity contribution < 1.29 is 9.59 Å². The number of rotatable bonds is 0. The van der Waals surface area contributed by atoms with Gasteiger partial charge in [0.15, 0.2) is 11.6 Å². The smallest absolute Gasteiger partial charge is 0.168 e. The zero-order chi connectivity index (χ0) is 11.9. The first-order valence-corrected chi connectivity index (χ1v) is 7.36. The molecule has 0 N–H and O–H groups in total. The van der Waals surface area contributed by atoms with Gasteiger partial charge in [-0.25, -0.2) is 0 Å². The topological polar surface area (TPSA) is 34.1 Å². The maximum absolute atomic E-state index is 12.0. The molecule has 4 heteroatoms.